The minimum Gasteiger partial charge on any atom is -0.493 e. The number of aromatic nitrogens is 3. The molecule has 13 heteroatoms. The minimum atomic E-state index is -0.437. The summed E-state index contributed by atoms with van der Waals surface area (Å²) in [6.07, 6.45) is 5.66. The number of fused-ring (bicyclic) bond motifs is 4. The maximum Gasteiger partial charge on any atom is 0.239 e. The van der Waals surface area contributed by atoms with Gasteiger partial charge in [0.25, 0.3) is 0 Å². The molecule has 0 bridgehead atoms. The lowest BCUT2D eigenvalue weighted by atomic mass is 9.95. The second-order valence-electron chi connectivity index (χ2n) is 10.8. The van der Waals surface area contributed by atoms with Crippen molar-refractivity contribution < 1.29 is 23.8 Å². The normalized spacial score (nSPS) is 14.3. The van der Waals surface area contributed by atoms with E-state index < -0.39 is 6.04 Å². The summed E-state index contributed by atoms with van der Waals surface area (Å²) in [6.45, 7) is 1.31. The number of rotatable bonds is 12. The molecule has 1 aliphatic rings. The summed E-state index contributed by atoms with van der Waals surface area (Å²) in [6, 6.07) is 11.7. The van der Waals surface area contributed by atoms with E-state index in [4.69, 9.17) is 14.2 Å². The molecule has 2 aromatic heterocycles. The summed E-state index contributed by atoms with van der Waals surface area (Å²) in [5.41, 5.74) is 3.62. The average Bonchev–Trinajstić information content (AvgIpc) is 3.34. The molecule has 46 heavy (non-hydrogen) atoms. The lowest BCUT2D eigenvalue weighted by molar-refractivity contribution is -0.120. The first kappa shape index (κ1) is 32.6. The molecule has 1 aliphatic carbocycles. The lowest BCUT2D eigenvalue weighted by Crippen LogP contribution is -2.35. The van der Waals surface area contributed by atoms with Crippen LogP contribution in [0, 0.1) is 0 Å². The van der Waals surface area contributed by atoms with Gasteiger partial charge in [-0.3, -0.25) is 18.8 Å². The van der Waals surface area contributed by atoms with Crippen LogP contribution in [0.25, 0.3) is 16.8 Å². The molecule has 242 valence electrons. The van der Waals surface area contributed by atoms with Gasteiger partial charge in [0, 0.05) is 18.7 Å². The van der Waals surface area contributed by atoms with Crippen LogP contribution in [0.3, 0.4) is 0 Å². The number of carbonyl (C=O) groups excluding carboxylic acids is 2. The van der Waals surface area contributed by atoms with Crippen LogP contribution in [0.1, 0.15) is 48.8 Å². The Balaban J connectivity index is 1.48. The topological polar surface area (TPSA) is 145 Å². The van der Waals surface area contributed by atoms with Gasteiger partial charge in [0.15, 0.2) is 23.0 Å². The van der Waals surface area contributed by atoms with Crippen molar-refractivity contribution in [2.45, 2.75) is 38.3 Å². The van der Waals surface area contributed by atoms with Crippen molar-refractivity contribution in [1.82, 2.24) is 25.2 Å². The van der Waals surface area contributed by atoms with Gasteiger partial charge in [-0.25, -0.2) is 0 Å². The standard InChI is InChI=1S/C33H38N6O6S/c1-19(40)35-23-11-9-20-16-27(43-2)31(44-3)32(45-4)30(20)21-10-12-24(26(41)17-22(21)23)34-18-29(42)36-25(13-15-46-5)33-38-37-28-8-6-7-14-39(28)33/h6-8,10,12,14,16-17,23,25H,9,11,13,15,18H2,1-5H3,(H,34,41)(H,35,40)(H,36,42)/t23-,25-/m0/s1. The number of ether oxygens (including phenoxy) is 3. The highest BCUT2D eigenvalue weighted by atomic mass is 32.2. The van der Waals surface area contributed by atoms with Crippen LogP contribution in [-0.2, 0) is 16.0 Å². The van der Waals surface area contributed by atoms with Crippen LogP contribution >= 0.6 is 11.8 Å². The highest BCUT2D eigenvalue weighted by Gasteiger charge is 2.29. The molecular formula is C33H38N6O6S. The fourth-order valence-electron chi connectivity index (χ4n) is 5.87. The maximum atomic E-state index is 13.6. The number of hydrogen-bond acceptors (Lipinski definition) is 10. The molecule has 2 atom stereocenters. The molecule has 5 rings (SSSR count). The van der Waals surface area contributed by atoms with E-state index in [1.54, 1.807) is 32.0 Å². The van der Waals surface area contributed by atoms with Gasteiger partial charge >= 0.3 is 0 Å². The minimum absolute atomic E-state index is 0.142. The van der Waals surface area contributed by atoms with Crippen LogP contribution in [0.5, 0.6) is 17.2 Å². The Hall–Kier alpha value is -4.78. The van der Waals surface area contributed by atoms with Crippen LogP contribution < -0.4 is 35.6 Å². The molecule has 0 fully saturated rings. The highest BCUT2D eigenvalue weighted by molar-refractivity contribution is 7.98. The van der Waals surface area contributed by atoms with Gasteiger partial charge < -0.3 is 30.2 Å². The smallest absolute Gasteiger partial charge is 0.239 e. The van der Waals surface area contributed by atoms with Gasteiger partial charge in [-0.2, -0.15) is 11.8 Å². The number of carbonyl (C=O) groups is 2. The van der Waals surface area contributed by atoms with Crippen LogP contribution in [0.2, 0.25) is 0 Å². The van der Waals surface area contributed by atoms with Gasteiger partial charge in [-0.1, -0.05) is 12.1 Å². The molecule has 0 spiro atoms. The monoisotopic (exact) mass is 646 g/mol. The van der Waals surface area contributed by atoms with E-state index in [0.717, 1.165) is 16.9 Å². The summed E-state index contributed by atoms with van der Waals surface area (Å²) >= 11 is 1.67. The van der Waals surface area contributed by atoms with Crippen LogP contribution in [-0.4, -0.2) is 66.3 Å². The SMILES string of the molecule is COc1cc2c(c(OC)c1OC)-c1ccc(NCC(=O)N[C@@H](CCSC)c3nnc4ccccn34)c(=O)cc1[C@@H](NC(C)=O)CC2. The van der Waals surface area contributed by atoms with Crippen molar-refractivity contribution in [3.05, 3.63) is 75.8 Å². The number of nitrogens with zero attached hydrogens (tertiary/aromatic N) is 3. The fraction of sp³-hybridized carbons (Fsp3) is 0.364. The molecular weight excluding hydrogens is 608 g/mol. The molecule has 0 saturated heterocycles. The van der Waals surface area contributed by atoms with Gasteiger partial charge in [0.2, 0.25) is 23.0 Å². The number of pyridine rings is 1. The number of aryl methyl sites for hydroxylation is 1. The van der Waals surface area contributed by atoms with E-state index in [1.807, 2.05) is 47.2 Å². The van der Waals surface area contributed by atoms with Gasteiger partial charge in [-0.15, -0.1) is 10.2 Å². The summed E-state index contributed by atoms with van der Waals surface area (Å²) in [5.74, 6) is 2.34. The van der Waals surface area contributed by atoms with Gasteiger partial charge in [0.05, 0.1) is 45.6 Å². The Bertz CT molecular complexity index is 1810. The zero-order valence-corrected chi connectivity index (χ0v) is 27.3. The summed E-state index contributed by atoms with van der Waals surface area (Å²) in [7, 11) is 4.65. The van der Waals surface area contributed by atoms with Crippen LogP contribution in [0.15, 0.2) is 53.5 Å². The van der Waals surface area contributed by atoms with Crippen LogP contribution in [0.4, 0.5) is 5.69 Å². The molecule has 2 aromatic carbocycles. The Morgan fingerprint density at radius 2 is 1.87 bits per heavy atom. The third-order valence-electron chi connectivity index (χ3n) is 7.95. The predicted molar refractivity (Wildman–Crippen MR) is 178 cm³/mol. The second-order valence-corrected chi connectivity index (χ2v) is 11.8. The molecule has 0 saturated carbocycles. The highest BCUT2D eigenvalue weighted by Crippen LogP contribution is 2.50. The quantitative estimate of drug-likeness (QED) is 0.207. The largest absolute Gasteiger partial charge is 0.493 e. The van der Waals surface area contributed by atoms with Crippen molar-refractivity contribution in [1.29, 1.82) is 0 Å². The first-order valence-electron chi connectivity index (χ1n) is 14.9. The van der Waals surface area contributed by atoms with Crippen molar-refractivity contribution in [3.8, 4) is 28.4 Å². The van der Waals surface area contributed by atoms with Crippen molar-refractivity contribution in [2.24, 2.45) is 0 Å². The fourth-order valence-corrected chi connectivity index (χ4v) is 6.35. The van der Waals surface area contributed by atoms with Crippen molar-refractivity contribution >= 4 is 34.9 Å². The molecule has 2 heterocycles. The summed E-state index contributed by atoms with van der Waals surface area (Å²) < 4.78 is 19.0. The maximum absolute atomic E-state index is 13.6. The summed E-state index contributed by atoms with van der Waals surface area (Å²) in [5, 5.41) is 17.7. The van der Waals surface area contributed by atoms with Gasteiger partial charge in [-0.05, 0) is 78.3 Å². The number of methoxy groups -OCH3 is 3. The third kappa shape index (κ3) is 6.74. The third-order valence-corrected chi connectivity index (χ3v) is 8.60. The number of amides is 2. The van der Waals surface area contributed by atoms with E-state index in [9.17, 15) is 14.4 Å². The number of benzene rings is 1. The van der Waals surface area contributed by atoms with E-state index in [-0.39, 0.29) is 35.5 Å². The van der Waals surface area contributed by atoms with Gasteiger partial charge in [0.1, 0.15) is 0 Å². The Labute approximate surface area is 271 Å². The molecule has 12 nitrogen and oxygen atoms in total. The van der Waals surface area contributed by atoms with Crippen molar-refractivity contribution in [2.75, 3.05) is 45.2 Å². The second kappa shape index (κ2) is 14.5. The zero-order chi connectivity index (χ0) is 32.8. The molecule has 0 radical (unpaired) electrons. The Kier molecular flexibility index (Phi) is 10.3. The van der Waals surface area contributed by atoms with E-state index in [0.29, 0.717) is 59.1 Å². The molecule has 0 unspecified atom stereocenters. The molecule has 2 amide bonds. The Morgan fingerprint density at radius 1 is 1.07 bits per heavy atom. The number of hydrogen-bond donors (Lipinski definition) is 3. The molecule has 3 N–H and O–H groups in total. The Morgan fingerprint density at radius 3 is 2.59 bits per heavy atom. The first-order chi connectivity index (χ1) is 22.3. The van der Waals surface area contributed by atoms with E-state index >= 15 is 0 Å². The predicted octanol–water partition coefficient (Wildman–Crippen LogP) is 3.93. The number of thioether (sulfide) groups is 1. The van der Waals surface area contributed by atoms with Crippen molar-refractivity contribution in [3.63, 3.8) is 0 Å². The molecule has 4 aromatic rings. The first-order valence-corrected chi connectivity index (χ1v) is 16.3. The molecule has 0 aliphatic heterocycles. The summed E-state index contributed by atoms with van der Waals surface area (Å²) in [4.78, 5) is 39.1. The average molecular weight is 647 g/mol. The lowest BCUT2D eigenvalue weighted by Gasteiger charge is -2.19. The van der Waals surface area contributed by atoms with E-state index in [1.165, 1.54) is 20.1 Å². The number of anilines is 1. The number of nitrogens with one attached hydrogen (secondary N) is 3. The zero-order valence-electron chi connectivity index (χ0n) is 26.5. The van der Waals surface area contributed by atoms with E-state index in [2.05, 4.69) is 26.1 Å².